The number of esters is 1. The lowest BCUT2D eigenvalue weighted by Crippen LogP contribution is -2.40. The summed E-state index contributed by atoms with van der Waals surface area (Å²) in [4.78, 5) is 25.1. The van der Waals surface area contributed by atoms with Crippen LogP contribution in [0, 0.1) is 0 Å². The number of amides is 2. The molecule has 7 nitrogen and oxygen atoms in total. The number of nitrogens with zero attached hydrogens (tertiary/aromatic N) is 1. The number of benzene rings is 1. The average Bonchev–Trinajstić information content (AvgIpc) is 2.87. The summed E-state index contributed by atoms with van der Waals surface area (Å²) >= 11 is 6.02. The van der Waals surface area contributed by atoms with Gasteiger partial charge in [-0.25, -0.2) is 18.0 Å². The summed E-state index contributed by atoms with van der Waals surface area (Å²) in [5, 5.41) is 2.85. The summed E-state index contributed by atoms with van der Waals surface area (Å²) in [7, 11) is -0.305. The van der Waals surface area contributed by atoms with Crippen LogP contribution in [0.4, 0.5) is 10.5 Å². The lowest BCUT2D eigenvalue weighted by Gasteiger charge is -2.24. The first-order valence-corrected chi connectivity index (χ1v) is 9.05. The van der Waals surface area contributed by atoms with E-state index in [0.29, 0.717) is 6.42 Å². The number of anilines is 1. The Kier molecular flexibility index (Phi) is 5.16. The Bertz CT molecular complexity index is 735. The molecule has 9 heteroatoms. The van der Waals surface area contributed by atoms with Gasteiger partial charge in [0.05, 0.1) is 34.9 Å². The van der Waals surface area contributed by atoms with Crippen LogP contribution in [0.3, 0.4) is 0 Å². The van der Waals surface area contributed by atoms with Crippen LogP contribution < -0.4 is 5.32 Å². The highest BCUT2D eigenvalue weighted by Gasteiger charge is 2.32. The first-order chi connectivity index (χ1) is 10.7. The first kappa shape index (κ1) is 17.6. The molecule has 1 aromatic rings. The fourth-order valence-corrected chi connectivity index (χ4v) is 4.26. The average molecular weight is 361 g/mol. The van der Waals surface area contributed by atoms with Crippen LogP contribution in [0.15, 0.2) is 18.2 Å². The van der Waals surface area contributed by atoms with Gasteiger partial charge in [0, 0.05) is 13.1 Å². The van der Waals surface area contributed by atoms with E-state index in [4.69, 9.17) is 11.6 Å². The molecule has 1 N–H and O–H groups in total. The van der Waals surface area contributed by atoms with Gasteiger partial charge >= 0.3 is 12.0 Å². The lowest BCUT2D eigenvalue weighted by molar-refractivity contribution is 0.0600. The van der Waals surface area contributed by atoms with Crippen molar-refractivity contribution in [1.29, 1.82) is 0 Å². The van der Waals surface area contributed by atoms with Gasteiger partial charge in [0.25, 0.3) is 0 Å². The Morgan fingerprint density at radius 2 is 2.09 bits per heavy atom. The van der Waals surface area contributed by atoms with Crippen LogP contribution >= 0.6 is 11.6 Å². The van der Waals surface area contributed by atoms with E-state index in [0.717, 1.165) is 0 Å². The fourth-order valence-electron chi connectivity index (χ4n) is 2.32. The molecule has 1 aromatic carbocycles. The molecule has 1 fully saturated rings. The summed E-state index contributed by atoms with van der Waals surface area (Å²) in [5.41, 5.74) is 0.505. The third-order valence-corrected chi connectivity index (χ3v) is 5.79. The first-order valence-electron chi connectivity index (χ1n) is 6.85. The predicted molar refractivity (Wildman–Crippen MR) is 86.6 cm³/mol. The van der Waals surface area contributed by atoms with Gasteiger partial charge in [-0.2, -0.15) is 0 Å². The molecular formula is C14H17ClN2O5S. The topological polar surface area (TPSA) is 92.8 Å². The molecule has 1 heterocycles. The molecule has 126 valence electrons. The van der Waals surface area contributed by atoms with Gasteiger partial charge < -0.3 is 15.0 Å². The zero-order chi connectivity index (χ0) is 17.2. The molecule has 0 aromatic heterocycles. The van der Waals surface area contributed by atoms with Gasteiger partial charge in [0.15, 0.2) is 9.84 Å². The quantitative estimate of drug-likeness (QED) is 0.829. The summed E-state index contributed by atoms with van der Waals surface area (Å²) in [5.74, 6) is -0.520. The molecule has 2 rings (SSSR count). The van der Waals surface area contributed by atoms with Gasteiger partial charge in [-0.05, 0) is 24.6 Å². The van der Waals surface area contributed by atoms with E-state index in [1.165, 1.54) is 37.3 Å². The highest BCUT2D eigenvalue weighted by Crippen LogP contribution is 2.25. The number of hydrogen-bond acceptors (Lipinski definition) is 5. The van der Waals surface area contributed by atoms with Gasteiger partial charge in [-0.1, -0.05) is 11.6 Å². The van der Waals surface area contributed by atoms with Gasteiger partial charge in [-0.3, -0.25) is 0 Å². The van der Waals surface area contributed by atoms with E-state index in [2.05, 4.69) is 10.1 Å². The minimum absolute atomic E-state index is 0.0488. The number of rotatable bonds is 3. The van der Waals surface area contributed by atoms with Crippen molar-refractivity contribution in [1.82, 2.24) is 4.90 Å². The molecule has 1 unspecified atom stereocenters. The highest BCUT2D eigenvalue weighted by molar-refractivity contribution is 7.91. The van der Waals surface area contributed by atoms with Gasteiger partial charge in [0.2, 0.25) is 0 Å². The minimum Gasteiger partial charge on any atom is -0.465 e. The van der Waals surface area contributed by atoms with E-state index >= 15 is 0 Å². The Labute approximate surface area is 139 Å². The molecule has 0 aliphatic carbocycles. The summed E-state index contributed by atoms with van der Waals surface area (Å²) in [6.07, 6.45) is 0.405. The Morgan fingerprint density at radius 1 is 1.39 bits per heavy atom. The van der Waals surface area contributed by atoms with E-state index in [1.54, 1.807) is 0 Å². The largest absolute Gasteiger partial charge is 0.465 e. The number of methoxy groups -OCH3 is 1. The van der Waals surface area contributed by atoms with Crippen LogP contribution in [0.2, 0.25) is 5.02 Å². The zero-order valence-electron chi connectivity index (χ0n) is 12.7. The summed E-state index contributed by atoms with van der Waals surface area (Å²) in [6, 6.07) is 3.50. The van der Waals surface area contributed by atoms with Crippen molar-refractivity contribution in [3.63, 3.8) is 0 Å². The fraction of sp³-hybridized carbons (Fsp3) is 0.429. The third kappa shape index (κ3) is 4.14. The molecule has 0 radical (unpaired) electrons. The number of sulfone groups is 1. The predicted octanol–water partition coefficient (Wildman–Crippen LogP) is 1.78. The number of ether oxygens (including phenoxy) is 1. The SMILES string of the molecule is COC(=O)c1ccc(Cl)c(NC(=O)N(C)C2CCS(=O)(=O)C2)c1. The zero-order valence-corrected chi connectivity index (χ0v) is 14.3. The summed E-state index contributed by atoms with van der Waals surface area (Å²) < 4.78 is 27.6. The van der Waals surface area contributed by atoms with Gasteiger partial charge in [0.1, 0.15) is 0 Å². The second kappa shape index (κ2) is 6.76. The molecule has 2 amide bonds. The number of hydrogen-bond donors (Lipinski definition) is 1. The van der Waals surface area contributed by atoms with E-state index < -0.39 is 21.8 Å². The van der Waals surface area contributed by atoms with Crippen molar-refractivity contribution < 1.29 is 22.7 Å². The second-order valence-corrected chi connectivity index (χ2v) is 7.92. The van der Waals surface area contributed by atoms with Crippen molar-refractivity contribution in [2.75, 3.05) is 31.0 Å². The number of halogens is 1. The minimum atomic E-state index is -3.09. The van der Waals surface area contributed by atoms with Crippen molar-refractivity contribution in [2.24, 2.45) is 0 Å². The standard InChI is InChI=1S/C14H17ClN2O5S/c1-17(10-5-6-23(20,21)8-10)14(19)16-12-7-9(13(18)22-2)3-4-11(12)15/h3-4,7,10H,5-6,8H2,1-2H3,(H,16,19). The smallest absolute Gasteiger partial charge is 0.337 e. The summed E-state index contributed by atoms with van der Waals surface area (Å²) in [6.45, 7) is 0. The molecule has 1 saturated heterocycles. The van der Waals surface area contributed by atoms with Crippen molar-refractivity contribution in [2.45, 2.75) is 12.5 Å². The molecule has 1 aliphatic heterocycles. The number of nitrogens with one attached hydrogen (secondary N) is 1. The van der Waals surface area contributed by atoms with Crippen LogP contribution in [-0.4, -0.2) is 57.0 Å². The van der Waals surface area contributed by atoms with Crippen LogP contribution in [0.1, 0.15) is 16.8 Å². The maximum atomic E-state index is 12.3. The van der Waals surface area contributed by atoms with Crippen LogP contribution in [-0.2, 0) is 14.6 Å². The van der Waals surface area contributed by atoms with Crippen LogP contribution in [0.5, 0.6) is 0 Å². The molecule has 0 spiro atoms. The van der Waals surface area contributed by atoms with Crippen molar-refractivity contribution in [3.05, 3.63) is 28.8 Å². The normalized spacial score (nSPS) is 19.2. The number of carbonyl (C=O) groups excluding carboxylic acids is 2. The molecule has 0 saturated carbocycles. The number of urea groups is 1. The molecular weight excluding hydrogens is 344 g/mol. The van der Waals surface area contributed by atoms with E-state index in [1.807, 2.05) is 0 Å². The molecule has 0 bridgehead atoms. The van der Waals surface area contributed by atoms with E-state index in [-0.39, 0.29) is 33.8 Å². The monoisotopic (exact) mass is 360 g/mol. The molecule has 1 aliphatic rings. The molecule has 1 atom stereocenters. The second-order valence-electron chi connectivity index (χ2n) is 5.28. The van der Waals surface area contributed by atoms with Crippen molar-refractivity contribution >= 4 is 39.1 Å². The Morgan fingerprint density at radius 3 is 2.65 bits per heavy atom. The van der Waals surface area contributed by atoms with Gasteiger partial charge in [-0.15, -0.1) is 0 Å². The Hall–Kier alpha value is -1.80. The molecule has 23 heavy (non-hydrogen) atoms. The third-order valence-electron chi connectivity index (χ3n) is 3.71. The highest BCUT2D eigenvalue weighted by atomic mass is 35.5. The lowest BCUT2D eigenvalue weighted by atomic mass is 10.2. The number of carbonyl (C=O) groups is 2. The Balaban J connectivity index is 2.12. The van der Waals surface area contributed by atoms with Crippen molar-refractivity contribution in [3.8, 4) is 0 Å². The van der Waals surface area contributed by atoms with E-state index in [9.17, 15) is 18.0 Å². The maximum Gasteiger partial charge on any atom is 0.337 e. The van der Waals surface area contributed by atoms with Crippen LogP contribution in [0.25, 0.3) is 0 Å². The maximum absolute atomic E-state index is 12.3.